The maximum atomic E-state index is 11.1. The molecule has 15 heavy (non-hydrogen) atoms. The number of H-pyrrole nitrogens is 1. The van der Waals surface area contributed by atoms with Crippen LogP contribution >= 0.6 is 11.6 Å². The molecule has 0 radical (unpaired) electrons. The predicted octanol–water partition coefficient (Wildman–Crippen LogP) is 0.819. The van der Waals surface area contributed by atoms with Crippen LogP contribution in [0.25, 0.3) is 0 Å². The molecule has 1 unspecified atom stereocenters. The molecular weight excluding hydrogens is 216 g/mol. The number of rotatable bonds is 4. The molecule has 1 aromatic rings. The topological polar surface area (TPSA) is 83.8 Å². The van der Waals surface area contributed by atoms with E-state index in [4.69, 9.17) is 17.3 Å². The van der Waals surface area contributed by atoms with Gasteiger partial charge in [0.1, 0.15) is 5.02 Å². The number of halogens is 1. The Morgan fingerprint density at radius 1 is 1.67 bits per heavy atom. The Bertz CT molecular complexity index is 377. The second kappa shape index (κ2) is 5.14. The summed E-state index contributed by atoms with van der Waals surface area (Å²) in [7, 11) is 0. The third-order valence-corrected chi connectivity index (χ3v) is 2.56. The van der Waals surface area contributed by atoms with Crippen LogP contribution in [0.2, 0.25) is 5.02 Å². The highest BCUT2D eigenvalue weighted by Crippen LogP contribution is 2.14. The van der Waals surface area contributed by atoms with E-state index in [0.717, 1.165) is 0 Å². The number of nitrogens with two attached hydrogens (primary N) is 1. The first-order chi connectivity index (χ1) is 7.02. The molecule has 1 aromatic heterocycles. The number of nitrogens with zero attached hydrogens (tertiary/aromatic N) is 1. The number of aromatic nitrogens is 2. The van der Waals surface area contributed by atoms with Gasteiger partial charge in [0.2, 0.25) is 0 Å². The van der Waals surface area contributed by atoms with Crippen molar-refractivity contribution in [2.75, 3.05) is 11.9 Å². The van der Waals surface area contributed by atoms with Gasteiger partial charge in [-0.15, -0.1) is 0 Å². The molecule has 0 aliphatic carbocycles. The van der Waals surface area contributed by atoms with E-state index >= 15 is 0 Å². The fourth-order valence-electron chi connectivity index (χ4n) is 0.970. The molecule has 84 valence electrons. The normalized spacial score (nSPS) is 12.9. The Labute approximate surface area is 93.0 Å². The highest BCUT2D eigenvalue weighted by Gasteiger charge is 2.09. The largest absolute Gasteiger partial charge is 0.381 e. The van der Waals surface area contributed by atoms with E-state index in [1.165, 1.54) is 6.20 Å². The number of hydrogen-bond acceptors (Lipinski definition) is 4. The van der Waals surface area contributed by atoms with Crippen LogP contribution in [0.1, 0.15) is 13.8 Å². The first-order valence-electron chi connectivity index (χ1n) is 4.75. The van der Waals surface area contributed by atoms with Gasteiger partial charge >= 0.3 is 0 Å². The SMILES string of the molecule is CC(C)C(N)CNc1cn[nH]c(=O)c1Cl. The van der Waals surface area contributed by atoms with Gasteiger partial charge in [-0.3, -0.25) is 4.79 Å². The van der Waals surface area contributed by atoms with Crippen molar-refractivity contribution in [2.24, 2.45) is 11.7 Å². The van der Waals surface area contributed by atoms with Crippen molar-refractivity contribution in [3.05, 3.63) is 21.6 Å². The van der Waals surface area contributed by atoms with Gasteiger partial charge in [0.15, 0.2) is 0 Å². The van der Waals surface area contributed by atoms with Crippen molar-refractivity contribution in [3.8, 4) is 0 Å². The molecule has 0 saturated heterocycles. The molecule has 0 amide bonds. The Morgan fingerprint density at radius 2 is 2.33 bits per heavy atom. The lowest BCUT2D eigenvalue weighted by molar-refractivity contribution is 0.511. The molecule has 4 N–H and O–H groups in total. The standard InChI is InChI=1S/C9H15ClN4O/c1-5(2)6(11)3-12-7-4-13-14-9(15)8(7)10/h4-6H,3,11H2,1-2H3,(H2,12,14,15). The minimum Gasteiger partial charge on any atom is -0.381 e. The molecule has 6 heteroatoms. The molecule has 0 aromatic carbocycles. The monoisotopic (exact) mass is 230 g/mol. The van der Waals surface area contributed by atoms with Gasteiger partial charge in [-0.2, -0.15) is 5.10 Å². The van der Waals surface area contributed by atoms with E-state index in [1.54, 1.807) is 0 Å². The first-order valence-corrected chi connectivity index (χ1v) is 5.12. The van der Waals surface area contributed by atoms with Gasteiger partial charge in [-0.25, -0.2) is 5.10 Å². The maximum Gasteiger partial charge on any atom is 0.285 e. The van der Waals surface area contributed by atoms with Gasteiger partial charge in [-0.05, 0) is 5.92 Å². The van der Waals surface area contributed by atoms with Gasteiger partial charge in [0.05, 0.1) is 11.9 Å². The molecule has 0 aliphatic heterocycles. The Balaban J connectivity index is 2.66. The summed E-state index contributed by atoms with van der Waals surface area (Å²) >= 11 is 5.77. The average Bonchev–Trinajstić information content (AvgIpc) is 2.19. The lowest BCUT2D eigenvalue weighted by Gasteiger charge is -2.16. The summed E-state index contributed by atoms with van der Waals surface area (Å²) in [5.41, 5.74) is 5.95. The van der Waals surface area contributed by atoms with Crippen LogP contribution in [-0.4, -0.2) is 22.8 Å². The fourth-order valence-corrected chi connectivity index (χ4v) is 1.13. The van der Waals surface area contributed by atoms with Gasteiger partial charge in [0.25, 0.3) is 5.56 Å². The average molecular weight is 231 g/mol. The lowest BCUT2D eigenvalue weighted by Crippen LogP contribution is -2.34. The third-order valence-electron chi connectivity index (χ3n) is 2.18. The van der Waals surface area contributed by atoms with Crippen LogP contribution in [-0.2, 0) is 0 Å². The van der Waals surface area contributed by atoms with Crippen LogP contribution in [0.3, 0.4) is 0 Å². The number of nitrogens with one attached hydrogen (secondary N) is 2. The molecule has 0 saturated carbocycles. The quantitative estimate of drug-likeness (QED) is 0.715. The van der Waals surface area contributed by atoms with Crippen LogP contribution in [0.5, 0.6) is 0 Å². The second-order valence-corrected chi connectivity index (χ2v) is 4.09. The first kappa shape index (κ1) is 12.0. The molecule has 0 aliphatic rings. The van der Waals surface area contributed by atoms with Crippen molar-refractivity contribution < 1.29 is 0 Å². The van der Waals surface area contributed by atoms with E-state index in [2.05, 4.69) is 15.5 Å². The summed E-state index contributed by atoms with van der Waals surface area (Å²) in [5, 5.41) is 8.99. The predicted molar refractivity (Wildman–Crippen MR) is 61.2 cm³/mol. The van der Waals surface area contributed by atoms with Gasteiger partial charge < -0.3 is 11.1 Å². The summed E-state index contributed by atoms with van der Waals surface area (Å²) < 4.78 is 0. The van der Waals surface area contributed by atoms with E-state index in [-0.39, 0.29) is 11.1 Å². The Hall–Kier alpha value is -1.07. The lowest BCUT2D eigenvalue weighted by atomic mass is 10.1. The van der Waals surface area contributed by atoms with Crippen molar-refractivity contribution in [1.29, 1.82) is 0 Å². The maximum absolute atomic E-state index is 11.1. The van der Waals surface area contributed by atoms with E-state index in [0.29, 0.717) is 18.2 Å². The highest BCUT2D eigenvalue weighted by molar-refractivity contribution is 6.32. The van der Waals surface area contributed by atoms with Gasteiger partial charge in [-0.1, -0.05) is 25.4 Å². The summed E-state index contributed by atoms with van der Waals surface area (Å²) in [4.78, 5) is 11.1. The summed E-state index contributed by atoms with van der Waals surface area (Å²) in [6.45, 7) is 4.62. The number of aromatic amines is 1. The van der Waals surface area contributed by atoms with Crippen LogP contribution in [0, 0.1) is 5.92 Å². The van der Waals surface area contributed by atoms with Gasteiger partial charge in [0, 0.05) is 12.6 Å². The fraction of sp³-hybridized carbons (Fsp3) is 0.556. The molecular formula is C9H15ClN4O. The van der Waals surface area contributed by atoms with Crippen molar-refractivity contribution in [3.63, 3.8) is 0 Å². The molecule has 0 fully saturated rings. The second-order valence-electron chi connectivity index (χ2n) is 3.72. The Morgan fingerprint density at radius 3 is 2.93 bits per heavy atom. The van der Waals surface area contributed by atoms with Crippen LogP contribution < -0.4 is 16.6 Å². The summed E-state index contributed by atoms with van der Waals surface area (Å²) in [6.07, 6.45) is 1.47. The van der Waals surface area contributed by atoms with E-state index in [1.807, 2.05) is 13.8 Å². The van der Waals surface area contributed by atoms with E-state index < -0.39 is 5.56 Å². The molecule has 0 spiro atoms. The molecule has 1 atom stereocenters. The highest BCUT2D eigenvalue weighted by atomic mass is 35.5. The third kappa shape index (κ3) is 3.21. The zero-order valence-electron chi connectivity index (χ0n) is 8.75. The van der Waals surface area contributed by atoms with Crippen molar-refractivity contribution in [2.45, 2.75) is 19.9 Å². The number of hydrogen-bond donors (Lipinski definition) is 3. The summed E-state index contributed by atoms with van der Waals surface area (Å²) in [6, 6.07) is 0.0142. The molecule has 1 heterocycles. The minimum absolute atomic E-state index is 0.0142. The van der Waals surface area contributed by atoms with Crippen molar-refractivity contribution in [1.82, 2.24) is 10.2 Å². The van der Waals surface area contributed by atoms with E-state index in [9.17, 15) is 4.79 Å². The van der Waals surface area contributed by atoms with Crippen LogP contribution in [0.4, 0.5) is 5.69 Å². The summed E-state index contributed by atoms with van der Waals surface area (Å²) in [5.74, 6) is 0.367. The van der Waals surface area contributed by atoms with Crippen LogP contribution in [0.15, 0.2) is 11.0 Å². The zero-order valence-corrected chi connectivity index (χ0v) is 9.51. The minimum atomic E-state index is -0.403. The number of anilines is 1. The molecule has 5 nitrogen and oxygen atoms in total. The Kier molecular flexibility index (Phi) is 4.11. The smallest absolute Gasteiger partial charge is 0.285 e. The molecule has 0 bridgehead atoms. The zero-order chi connectivity index (χ0) is 11.4. The molecule has 1 rings (SSSR count). The van der Waals surface area contributed by atoms with Crippen molar-refractivity contribution >= 4 is 17.3 Å².